The molecule has 4 fully saturated rings. The number of benzene rings is 6. The van der Waals surface area contributed by atoms with Crippen LogP contribution in [-0.2, 0) is 96.5 Å². The van der Waals surface area contributed by atoms with Gasteiger partial charge < -0.3 is 92.6 Å². The second-order valence-electron chi connectivity index (χ2n) is 21.9. The summed E-state index contributed by atoms with van der Waals surface area (Å²) in [6.45, 7) is -1.39. The van der Waals surface area contributed by atoms with Crippen LogP contribution in [0.25, 0.3) is 0 Å². The summed E-state index contributed by atoms with van der Waals surface area (Å²) in [6, 6.07) is 55.9. The van der Waals surface area contributed by atoms with Gasteiger partial charge in [-0.3, -0.25) is 4.90 Å². The summed E-state index contributed by atoms with van der Waals surface area (Å²) >= 11 is 0. The standard InChI is InChI=1S/C66H77NO20/c68-32-50-53(70)54(71)56(73)63(82-50)86-59-51(33-69)83-64(57(74)55(59)72)87-60-52(41-77-35-43-21-9-2-10-22-43)84-65(62(80-38-46-27-15-5-16-28-46)61(60)79-37-45-25-13-4-14-26-45)85-58-48(40-76-34-42-19-7-1-8-20-42)67(66(75)81-39-47-29-17-6-18-30-47)31-49(58)78-36-44-23-11-3-12-24-44/h1-30,48-65,68-74H,31-41H2/t48-,49-,50-,51-,52-,53-,54+,55-,56-,57-,58-,59-,60-,61+,62-,63+,64+,65-/m1/s1. The zero-order chi connectivity index (χ0) is 60.5. The molecular formula is C66H77NO20. The van der Waals surface area contributed by atoms with E-state index in [1.54, 1.807) is 4.90 Å². The average Bonchev–Trinajstić information content (AvgIpc) is 2.37. The molecule has 0 saturated carbocycles. The predicted molar refractivity (Wildman–Crippen MR) is 309 cm³/mol. The van der Waals surface area contributed by atoms with Crippen LogP contribution >= 0.6 is 0 Å². The van der Waals surface area contributed by atoms with E-state index in [0.717, 1.165) is 33.4 Å². The van der Waals surface area contributed by atoms with Crippen LogP contribution < -0.4 is 0 Å². The van der Waals surface area contributed by atoms with Gasteiger partial charge in [0.15, 0.2) is 18.9 Å². The molecule has 6 aromatic carbocycles. The van der Waals surface area contributed by atoms with Crippen LogP contribution in [0.2, 0.25) is 0 Å². The highest BCUT2D eigenvalue weighted by Crippen LogP contribution is 2.38. The Kier molecular flexibility index (Phi) is 23.4. The number of aliphatic hydroxyl groups excluding tert-OH is 7. The lowest BCUT2D eigenvalue weighted by Gasteiger charge is -2.50. The number of hydrogen-bond acceptors (Lipinski definition) is 20. The maximum Gasteiger partial charge on any atom is 0.410 e. The maximum absolute atomic E-state index is 14.6. The Morgan fingerprint density at radius 2 is 0.793 bits per heavy atom. The maximum atomic E-state index is 14.6. The molecule has 4 aliphatic rings. The first kappa shape index (κ1) is 63.9. The molecule has 10 rings (SSSR count). The fraction of sp³-hybridized carbons (Fsp3) is 0.439. The Labute approximate surface area is 504 Å². The lowest BCUT2D eigenvalue weighted by Crippen LogP contribution is -2.67. The molecule has 0 bridgehead atoms. The fourth-order valence-corrected chi connectivity index (χ4v) is 11.1. The molecule has 4 heterocycles. The third-order valence-electron chi connectivity index (χ3n) is 15.8. The lowest BCUT2D eigenvalue weighted by atomic mass is 9.95. The van der Waals surface area contributed by atoms with E-state index in [1.165, 1.54) is 0 Å². The van der Waals surface area contributed by atoms with Crippen LogP contribution in [0.1, 0.15) is 33.4 Å². The number of amides is 1. The SMILES string of the molecule is O=C(OCc1ccccc1)N1C[C@@H](OCc2ccccc2)[C@H](O[C@H]2O[C@H](COCc3ccccc3)[C@@H](O[C@@H]3O[C@H](CO)[C@@H](O[C@@H]4O[C@H](CO)[C@@H](O)[C@H](O)[C@H]4O)[C@H](O)[C@H]3O)[C@H](OCc3ccccc3)[C@H]2OCc2ccccc2)[C@H]1COCc1ccccc1. The highest BCUT2D eigenvalue weighted by atomic mass is 16.8. The molecular weight excluding hydrogens is 1130 g/mol. The van der Waals surface area contributed by atoms with Gasteiger partial charge in [0, 0.05) is 0 Å². The van der Waals surface area contributed by atoms with Crippen molar-refractivity contribution in [2.24, 2.45) is 0 Å². The number of carbonyl (C=O) groups excluding carboxylic acids is 1. The Hall–Kier alpha value is -6.13. The van der Waals surface area contributed by atoms with E-state index in [0.29, 0.717) is 0 Å². The minimum Gasteiger partial charge on any atom is -0.445 e. The van der Waals surface area contributed by atoms with Crippen molar-refractivity contribution >= 4 is 6.09 Å². The van der Waals surface area contributed by atoms with Gasteiger partial charge in [-0.15, -0.1) is 0 Å². The minimum atomic E-state index is -1.95. The zero-order valence-corrected chi connectivity index (χ0v) is 47.9. The molecule has 0 aromatic heterocycles. The van der Waals surface area contributed by atoms with Crippen LogP contribution in [0.5, 0.6) is 0 Å². The van der Waals surface area contributed by atoms with Gasteiger partial charge in [0.05, 0.1) is 72.0 Å². The van der Waals surface area contributed by atoms with Crippen molar-refractivity contribution in [2.75, 3.05) is 33.0 Å². The molecule has 0 spiro atoms. The van der Waals surface area contributed by atoms with Crippen molar-refractivity contribution in [3.05, 3.63) is 215 Å². The van der Waals surface area contributed by atoms with E-state index in [-0.39, 0.29) is 59.4 Å². The smallest absolute Gasteiger partial charge is 0.410 e. The Morgan fingerprint density at radius 3 is 1.30 bits per heavy atom. The van der Waals surface area contributed by atoms with Gasteiger partial charge >= 0.3 is 6.09 Å². The Bertz CT molecular complexity index is 2930. The quantitative estimate of drug-likeness (QED) is 0.0378. The zero-order valence-electron chi connectivity index (χ0n) is 47.9. The van der Waals surface area contributed by atoms with E-state index >= 15 is 0 Å². The van der Waals surface area contributed by atoms with Crippen LogP contribution in [0.3, 0.4) is 0 Å². The number of rotatable bonds is 27. The Morgan fingerprint density at radius 1 is 0.391 bits per heavy atom. The van der Waals surface area contributed by atoms with Gasteiger partial charge in [0.25, 0.3) is 0 Å². The second kappa shape index (κ2) is 31.9. The highest BCUT2D eigenvalue weighted by molar-refractivity contribution is 5.69. The molecule has 4 saturated heterocycles. The summed E-state index contributed by atoms with van der Waals surface area (Å²) in [6.07, 6.45) is -26.1. The highest BCUT2D eigenvalue weighted by Gasteiger charge is 2.57. The molecule has 7 N–H and O–H groups in total. The molecule has 21 heteroatoms. The van der Waals surface area contributed by atoms with E-state index < -0.39 is 130 Å². The predicted octanol–water partition coefficient (Wildman–Crippen LogP) is 4.32. The molecule has 1 amide bonds. The lowest BCUT2D eigenvalue weighted by molar-refractivity contribution is -0.387. The first-order valence-corrected chi connectivity index (χ1v) is 29.3. The normalized spacial score (nSPS) is 30.9. The monoisotopic (exact) mass is 1200 g/mol. The fourth-order valence-electron chi connectivity index (χ4n) is 11.1. The second-order valence-corrected chi connectivity index (χ2v) is 21.9. The molecule has 4 aliphatic heterocycles. The van der Waals surface area contributed by atoms with Crippen molar-refractivity contribution < 1.29 is 97.4 Å². The van der Waals surface area contributed by atoms with Gasteiger partial charge in [-0.2, -0.15) is 0 Å². The molecule has 6 aromatic rings. The van der Waals surface area contributed by atoms with Crippen LogP contribution in [0, 0.1) is 0 Å². The Balaban J connectivity index is 1.02. The van der Waals surface area contributed by atoms with Crippen LogP contribution in [-0.4, -0.2) is 190 Å². The first-order chi connectivity index (χ1) is 42.5. The largest absolute Gasteiger partial charge is 0.445 e. The molecule has 466 valence electrons. The summed E-state index contributed by atoms with van der Waals surface area (Å²) in [7, 11) is 0. The van der Waals surface area contributed by atoms with E-state index in [2.05, 4.69) is 0 Å². The molecule has 18 atom stereocenters. The van der Waals surface area contributed by atoms with E-state index in [9.17, 15) is 40.5 Å². The van der Waals surface area contributed by atoms with Crippen molar-refractivity contribution in [3.63, 3.8) is 0 Å². The van der Waals surface area contributed by atoms with Crippen LogP contribution in [0.4, 0.5) is 4.79 Å². The molecule has 87 heavy (non-hydrogen) atoms. The van der Waals surface area contributed by atoms with Gasteiger partial charge in [0.2, 0.25) is 0 Å². The van der Waals surface area contributed by atoms with Gasteiger partial charge in [-0.05, 0) is 33.4 Å². The van der Waals surface area contributed by atoms with Crippen molar-refractivity contribution in [2.45, 2.75) is 150 Å². The molecule has 0 radical (unpaired) electrons. The van der Waals surface area contributed by atoms with Crippen molar-refractivity contribution in [3.8, 4) is 0 Å². The average molecular weight is 1200 g/mol. The minimum absolute atomic E-state index is 0.00715. The summed E-state index contributed by atoms with van der Waals surface area (Å²) in [4.78, 5) is 16.2. The third kappa shape index (κ3) is 16.8. The summed E-state index contributed by atoms with van der Waals surface area (Å²) in [5.41, 5.74) is 4.94. The molecule has 21 nitrogen and oxygen atoms in total. The summed E-state index contributed by atoms with van der Waals surface area (Å²) in [5.74, 6) is 0. The number of ether oxygens (including phenoxy) is 12. The number of likely N-dealkylation sites (tertiary alicyclic amines) is 1. The van der Waals surface area contributed by atoms with E-state index in [1.807, 2.05) is 182 Å². The topological polar surface area (TPSA) is 273 Å². The van der Waals surface area contributed by atoms with Crippen molar-refractivity contribution in [1.82, 2.24) is 4.90 Å². The summed E-state index contributed by atoms with van der Waals surface area (Å²) < 4.78 is 79.0. The van der Waals surface area contributed by atoms with Crippen LogP contribution in [0.15, 0.2) is 182 Å². The summed E-state index contributed by atoms with van der Waals surface area (Å²) in [5, 5.41) is 76.6. The van der Waals surface area contributed by atoms with Gasteiger partial charge in [-0.25, -0.2) is 4.79 Å². The van der Waals surface area contributed by atoms with Gasteiger partial charge in [-0.1, -0.05) is 182 Å². The van der Waals surface area contributed by atoms with E-state index in [4.69, 9.17) is 56.8 Å². The third-order valence-corrected chi connectivity index (χ3v) is 15.8. The number of carbonyl (C=O) groups is 1. The molecule has 0 unspecified atom stereocenters. The number of hydrogen-bond donors (Lipinski definition) is 7. The number of nitrogens with zero attached hydrogens (tertiary/aromatic N) is 1. The van der Waals surface area contributed by atoms with Gasteiger partial charge in [0.1, 0.15) is 92.1 Å². The van der Waals surface area contributed by atoms with Crippen molar-refractivity contribution in [1.29, 1.82) is 0 Å². The number of aliphatic hydroxyl groups is 7. The molecule has 0 aliphatic carbocycles. The first-order valence-electron chi connectivity index (χ1n) is 29.3.